The van der Waals surface area contributed by atoms with Gasteiger partial charge >= 0.3 is 101 Å². The molecule has 0 aromatic carbocycles. The molecule has 16 heavy (non-hydrogen) atoms. The zero-order valence-electron chi connectivity index (χ0n) is 9.15. The first kappa shape index (κ1) is 10.1. The molecule has 0 aliphatic heterocycles. The molecule has 0 aromatic rings. The summed E-state index contributed by atoms with van der Waals surface area (Å²) >= 11 is -0.142. The topological polar surface area (TPSA) is 0 Å². The van der Waals surface area contributed by atoms with Gasteiger partial charge in [0, 0.05) is 0 Å². The summed E-state index contributed by atoms with van der Waals surface area (Å²) in [5.41, 5.74) is 0. The van der Waals surface area contributed by atoms with Crippen LogP contribution in [0.3, 0.4) is 0 Å². The van der Waals surface area contributed by atoms with Gasteiger partial charge in [0.25, 0.3) is 0 Å². The Bertz CT molecular complexity index is 398. The van der Waals surface area contributed by atoms with Crippen LogP contribution in [0.25, 0.3) is 0 Å². The van der Waals surface area contributed by atoms with Crippen molar-refractivity contribution in [1.82, 2.24) is 0 Å². The van der Waals surface area contributed by atoms with Crippen molar-refractivity contribution >= 4 is 0 Å². The fourth-order valence-corrected chi connectivity index (χ4v) is 5.13. The molecule has 0 bridgehead atoms. The maximum atomic E-state index is 2.32. The number of rotatable bonds is 3. The van der Waals surface area contributed by atoms with Gasteiger partial charge in [0.2, 0.25) is 0 Å². The second-order valence-corrected chi connectivity index (χ2v) is 6.69. The van der Waals surface area contributed by atoms with Crippen molar-refractivity contribution in [2.45, 2.75) is 19.3 Å². The standard InChI is InChI=1S/3C5H5.Co/c3*1-2-4-5-3-1;/h3*1-3H,4H2;. The van der Waals surface area contributed by atoms with Gasteiger partial charge in [-0.3, -0.25) is 0 Å². The second-order valence-electron chi connectivity index (χ2n) is 3.90. The van der Waals surface area contributed by atoms with Crippen LogP contribution >= 0.6 is 0 Å². The average Bonchev–Trinajstić information content (AvgIpc) is 3.02. The molecule has 0 saturated carbocycles. The Morgan fingerprint density at radius 1 is 0.625 bits per heavy atom. The van der Waals surface area contributed by atoms with Crippen LogP contribution in [0.15, 0.2) is 68.2 Å². The van der Waals surface area contributed by atoms with E-state index in [1.54, 1.807) is 13.5 Å². The van der Waals surface area contributed by atoms with E-state index in [-0.39, 0.29) is 13.7 Å². The molecular weight excluding hydrogens is 239 g/mol. The van der Waals surface area contributed by atoms with Crippen LogP contribution in [0.4, 0.5) is 0 Å². The van der Waals surface area contributed by atoms with E-state index in [2.05, 4.69) is 54.7 Å². The van der Waals surface area contributed by atoms with Crippen molar-refractivity contribution in [3.63, 3.8) is 0 Å². The summed E-state index contributed by atoms with van der Waals surface area (Å²) < 4.78 is 4.87. The molecule has 3 aliphatic carbocycles. The number of allylic oxidation sites excluding steroid dienone is 12. The minimum atomic E-state index is -0.142. The van der Waals surface area contributed by atoms with Gasteiger partial charge in [-0.05, 0) is 0 Å². The molecule has 3 rings (SSSR count). The Balaban J connectivity index is 1.89. The Morgan fingerprint density at radius 3 is 1.25 bits per heavy atom. The summed E-state index contributed by atoms with van der Waals surface area (Å²) in [4.78, 5) is 0. The Kier molecular flexibility index (Phi) is 2.81. The van der Waals surface area contributed by atoms with Crippen molar-refractivity contribution in [2.24, 2.45) is 0 Å². The molecule has 0 amide bonds. The third kappa shape index (κ3) is 1.81. The van der Waals surface area contributed by atoms with Crippen molar-refractivity contribution < 1.29 is 13.7 Å². The minimum absolute atomic E-state index is 0.142. The maximum absolute atomic E-state index is 2.32. The summed E-state index contributed by atoms with van der Waals surface area (Å²) in [6.45, 7) is 0. The van der Waals surface area contributed by atoms with Crippen LogP contribution in [0.5, 0.6) is 0 Å². The van der Waals surface area contributed by atoms with Crippen LogP contribution in [0.2, 0.25) is 0 Å². The van der Waals surface area contributed by atoms with Gasteiger partial charge in [0.05, 0.1) is 0 Å². The third-order valence-electron chi connectivity index (χ3n) is 2.77. The normalized spacial score (nSPS) is 22.5. The molecule has 0 spiro atoms. The molecule has 3 aliphatic rings. The summed E-state index contributed by atoms with van der Waals surface area (Å²) in [5, 5.41) is 0. The molecule has 0 radical (unpaired) electrons. The van der Waals surface area contributed by atoms with E-state index in [0.717, 1.165) is 19.3 Å². The first-order valence-corrected chi connectivity index (χ1v) is 7.21. The molecule has 0 fully saturated rings. The molecule has 0 unspecified atom stereocenters. The summed E-state index contributed by atoms with van der Waals surface area (Å²) in [7, 11) is 0. The van der Waals surface area contributed by atoms with Crippen LogP contribution < -0.4 is 0 Å². The predicted octanol–water partition coefficient (Wildman–Crippen LogP) is 4.14. The molecular formula is C15H15Co. The average molecular weight is 254 g/mol. The van der Waals surface area contributed by atoms with Crippen molar-refractivity contribution in [2.75, 3.05) is 0 Å². The van der Waals surface area contributed by atoms with Gasteiger partial charge in [-0.25, -0.2) is 0 Å². The van der Waals surface area contributed by atoms with E-state index in [0.29, 0.717) is 0 Å². The zero-order chi connectivity index (χ0) is 10.8. The van der Waals surface area contributed by atoms with Crippen LogP contribution in [0, 0.1) is 0 Å². The molecule has 84 valence electrons. The second kappa shape index (κ2) is 4.44. The molecule has 0 atom stereocenters. The van der Waals surface area contributed by atoms with Gasteiger partial charge in [-0.15, -0.1) is 0 Å². The van der Waals surface area contributed by atoms with Crippen molar-refractivity contribution in [1.29, 1.82) is 0 Å². The van der Waals surface area contributed by atoms with E-state index in [9.17, 15) is 0 Å². The molecule has 0 saturated heterocycles. The van der Waals surface area contributed by atoms with Crippen molar-refractivity contribution in [3.05, 3.63) is 68.2 Å². The van der Waals surface area contributed by atoms with Gasteiger partial charge < -0.3 is 0 Å². The third-order valence-corrected chi connectivity index (χ3v) is 5.93. The van der Waals surface area contributed by atoms with E-state index in [4.69, 9.17) is 0 Å². The first-order chi connectivity index (χ1) is 7.95. The van der Waals surface area contributed by atoms with E-state index >= 15 is 0 Å². The molecule has 0 aromatic heterocycles. The molecule has 0 heterocycles. The first-order valence-electron chi connectivity index (χ1n) is 5.65. The predicted molar refractivity (Wildman–Crippen MR) is 65.5 cm³/mol. The Morgan fingerprint density at radius 2 is 1.00 bits per heavy atom. The van der Waals surface area contributed by atoms with E-state index in [1.807, 2.05) is 0 Å². The van der Waals surface area contributed by atoms with Gasteiger partial charge in [0.1, 0.15) is 0 Å². The van der Waals surface area contributed by atoms with E-state index in [1.165, 1.54) is 0 Å². The number of hydrogen-bond acceptors (Lipinski definition) is 0. The van der Waals surface area contributed by atoms with Crippen LogP contribution in [-0.4, -0.2) is 0 Å². The quantitative estimate of drug-likeness (QED) is 0.710. The summed E-state index contributed by atoms with van der Waals surface area (Å²) in [6, 6.07) is 0. The fourth-order valence-electron chi connectivity index (χ4n) is 2.02. The molecule has 0 N–H and O–H groups in total. The Labute approximate surface area is 101 Å². The Hall–Kier alpha value is -1.05. The van der Waals surface area contributed by atoms with Gasteiger partial charge in [-0.2, -0.15) is 0 Å². The zero-order valence-corrected chi connectivity index (χ0v) is 10.2. The van der Waals surface area contributed by atoms with E-state index < -0.39 is 0 Å². The summed E-state index contributed by atoms with van der Waals surface area (Å²) in [6.07, 6.45) is 23.9. The van der Waals surface area contributed by atoms with Crippen molar-refractivity contribution in [3.8, 4) is 0 Å². The van der Waals surface area contributed by atoms with Gasteiger partial charge in [0.15, 0.2) is 0 Å². The van der Waals surface area contributed by atoms with Crippen LogP contribution in [0.1, 0.15) is 19.3 Å². The van der Waals surface area contributed by atoms with Crippen LogP contribution in [-0.2, 0) is 13.7 Å². The van der Waals surface area contributed by atoms with Gasteiger partial charge in [-0.1, -0.05) is 0 Å². The SMILES string of the molecule is C1=CC[C]([Co]([C]2=CC=CC2)[C]2=CC=CC2)=C1. The fraction of sp³-hybridized carbons (Fsp3) is 0.200. The summed E-state index contributed by atoms with van der Waals surface area (Å²) in [5.74, 6) is 0. The number of hydrogen-bond donors (Lipinski definition) is 0. The molecule has 0 nitrogen and oxygen atoms in total. The monoisotopic (exact) mass is 254 g/mol. The molecule has 1 heteroatoms.